The van der Waals surface area contributed by atoms with E-state index in [1.807, 2.05) is 43.4 Å². The summed E-state index contributed by atoms with van der Waals surface area (Å²) in [5.74, 6) is 0.678. The molecule has 0 radical (unpaired) electrons. The lowest BCUT2D eigenvalue weighted by molar-refractivity contribution is 0.285. The molecule has 0 saturated heterocycles. The highest BCUT2D eigenvalue weighted by atomic mass is 79.9. The maximum Gasteiger partial charge on any atom is 0.209 e. The second-order valence-corrected chi connectivity index (χ2v) is 5.92. The summed E-state index contributed by atoms with van der Waals surface area (Å²) < 4.78 is 6.85. The van der Waals surface area contributed by atoms with Crippen LogP contribution in [0, 0.1) is 0 Å². The van der Waals surface area contributed by atoms with Crippen LogP contribution in [0.2, 0.25) is 0 Å². The quantitative estimate of drug-likeness (QED) is 0.730. The number of nitrogens with two attached hydrogens (primary N) is 1. The molecular weight excluding hydrogens is 330 g/mol. The summed E-state index contributed by atoms with van der Waals surface area (Å²) >= 11 is 3.57. The molecule has 0 spiro atoms. The number of aromatic nitrogens is 1. The molecule has 5 heteroatoms. The summed E-state index contributed by atoms with van der Waals surface area (Å²) in [4.78, 5) is 6.62. The van der Waals surface area contributed by atoms with E-state index in [0.29, 0.717) is 18.1 Å². The maximum absolute atomic E-state index is 5.90. The molecule has 0 fully saturated rings. The van der Waals surface area contributed by atoms with E-state index in [0.717, 1.165) is 22.1 Å². The minimum Gasteiger partial charge on any atom is -0.439 e. The average Bonchev–Trinajstić information content (AvgIpc) is 2.85. The lowest BCUT2D eigenvalue weighted by atomic mass is 10.2. The van der Waals surface area contributed by atoms with Crippen LogP contribution in [0.25, 0.3) is 11.1 Å². The second kappa shape index (κ2) is 5.87. The molecule has 1 aromatic heterocycles. The van der Waals surface area contributed by atoms with Crippen molar-refractivity contribution >= 4 is 32.7 Å². The first kappa shape index (κ1) is 14.1. The molecule has 0 aliphatic rings. The minimum absolute atomic E-state index is 0.634. The Bertz CT molecular complexity index is 769. The van der Waals surface area contributed by atoms with Gasteiger partial charge in [-0.2, -0.15) is 0 Å². The van der Waals surface area contributed by atoms with Gasteiger partial charge < -0.3 is 10.2 Å². The van der Waals surface area contributed by atoms with E-state index < -0.39 is 0 Å². The molecule has 2 aromatic carbocycles. The summed E-state index contributed by atoms with van der Waals surface area (Å²) in [7, 11) is 2.04. The number of anilines is 1. The van der Waals surface area contributed by atoms with Crippen LogP contribution in [-0.4, -0.2) is 16.9 Å². The van der Waals surface area contributed by atoms with Gasteiger partial charge in [0, 0.05) is 11.0 Å². The first-order valence-corrected chi connectivity index (χ1v) is 7.48. The van der Waals surface area contributed by atoms with E-state index in [9.17, 15) is 0 Å². The number of oxazole rings is 1. The normalized spacial score (nSPS) is 11.4. The molecule has 3 rings (SSSR count). The van der Waals surface area contributed by atoms with Crippen LogP contribution < -0.4 is 5.73 Å². The Labute approximate surface area is 131 Å². The molecule has 1 heterocycles. The SMILES string of the molecule is CN(Cc1nc2c(N)cccc2o1)Cc1ccccc1Br. The number of nitrogens with zero attached hydrogens (tertiary/aromatic N) is 2. The van der Waals surface area contributed by atoms with Crippen molar-refractivity contribution in [3.05, 3.63) is 58.4 Å². The fourth-order valence-electron chi connectivity index (χ4n) is 2.29. The number of para-hydroxylation sites is 1. The van der Waals surface area contributed by atoms with Gasteiger partial charge in [0.25, 0.3) is 0 Å². The van der Waals surface area contributed by atoms with Crippen molar-refractivity contribution in [3.63, 3.8) is 0 Å². The van der Waals surface area contributed by atoms with Crippen LogP contribution >= 0.6 is 15.9 Å². The Morgan fingerprint density at radius 1 is 1.14 bits per heavy atom. The highest BCUT2D eigenvalue weighted by molar-refractivity contribution is 9.10. The fourth-order valence-corrected chi connectivity index (χ4v) is 2.70. The van der Waals surface area contributed by atoms with Crippen molar-refractivity contribution in [1.29, 1.82) is 0 Å². The Hall–Kier alpha value is -1.85. The molecule has 4 nitrogen and oxygen atoms in total. The number of halogens is 1. The Kier molecular flexibility index (Phi) is 3.94. The predicted molar refractivity (Wildman–Crippen MR) is 87.7 cm³/mol. The third-order valence-electron chi connectivity index (χ3n) is 3.30. The first-order chi connectivity index (χ1) is 10.1. The summed E-state index contributed by atoms with van der Waals surface area (Å²) in [5.41, 5.74) is 9.26. The zero-order valence-corrected chi connectivity index (χ0v) is 13.3. The van der Waals surface area contributed by atoms with Crippen molar-refractivity contribution in [2.75, 3.05) is 12.8 Å². The van der Waals surface area contributed by atoms with Gasteiger partial charge in [-0.1, -0.05) is 40.2 Å². The molecule has 0 saturated carbocycles. The van der Waals surface area contributed by atoms with Gasteiger partial charge in [0.2, 0.25) is 5.89 Å². The van der Waals surface area contributed by atoms with Gasteiger partial charge in [0.1, 0.15) is 5.52 Å². The van der Waals surface area contributed by atoms with E-state index in [1.54, 1.807) is 0 Å². The van der Waals surface area contributed by atoms with Crippen molar-refractivity contribution in [2.45, 2.75) is 13.1 Å². The zero-order valence-electron chi connectivity index (χ0n) is 11.7. The van der Waals surface area contributed by atoms with Crippen LogP contribution in [0.15, 0.2) is 51.4 Å². The average molecular weight is 346 g/mol. The largest absolute Gasteiger partial charge is 0.439 e. The minimum atomic E-state index is 0.634. The van der Waals surface area contributed by atoms with Crippen LogP contribution in [0.4, 0.5) is 5.69 Å². The molecule has 0 aliphatic heterocycles. The van der Waals surface area contributed by atoms with Crippen molar-refractivity contribution in [1.82, 2.24) is 9.88 Å². The van der Waals surface area contributed by atoms with Gasteiger partial charge >= 0.3 is 0 Å². The van der Waals surface area contributed by atoms with Crippen LogP contribution in [-0.2, 0) is 13.1 Å². The molecule has 3 aromatic rings. The molecule has 108 valence electrons. The lowest BCUT2D eigenvalue weighted by Gasteiger charge is -2.15. The van der Waals surface area contributed by atoms with Crippen LogP contribution in [0.1, 0.15) is 11.5 Å². The van der Waals surface area contributed by atoms with E-state index in [4.69, 9.17) is 10.2 Å². The summed E-state index contributed by atoms with van der Waals surface area (Å²) in [6.07, 6.45) is 0. The summed E-state index contributed by atoms with van der Waals surface area (Å²) in [6.45, 7) is 1.45. The van der Waals surface area contributed by atoms with E-state index >= 15 is 0 Å². The number of hydrogen-bond donors (Lipinski definition) is 1. The summed E-state index contributed by atoms with van der Waals surface area (Å²) in [6, 6.07) is 13.8. The molecule has 0 unspecified atom stereocenters. The predicted octanol–water partition coefficient (Wildman–Crippen LogP) is 3.80. The number of rotatable bonds is 4. The highest BCUT2D eigenvalue weighted by Crippen LogP contribution is 2.22. The van der Waals surface area contributed by atoms with Gasteiger partial charge in [-0.25, -0.2) is 4.98 Å². The van der Waals surface area contributed by atoms with Crippen LogP contribution in [0.5, 0.6) is 0 Å². The Morgan fingerprint density at radius 2 is 1.95 bits per heavy atom. The zero-order chi connectivity index (χ0) is 14.8. The monoisotopic (exact) mass is 345 g/mol. The number of fused-ring (bicyclic) bond motifs is 1. The highest BCUT2D eigenvalue weighted by Gasteiger charge is 2.11. The van der Waals surface area contributed by atoms with Gasteiger partial charge in [-0.3, -0.25) is 4.90 Å². The number of nitrogen functional groups attached to an aromatic ring is 1. The Morgan fingerprint density at radius 3 is 2.71 bits per heavy atom. The molecule has 2 N–H and O–H groups in total. The van der Waals surface area contributed by atoms with E-state index in [2.05, 4.69) is 31.9 Å². The second-order valence-electron chi connectivity index (χ2n) is 5.07. The van der Waals surface area contributed by atoms with Crippen molar-refractivity contribution in [2.24, 2.45) is 0 Å². The van der Waals surface area contributed by atoms with Crippen molar-refractivity contribution < 1.29 is 4.42 Å². The number of hydrogen-bond acceptors (Lipinski definition) is 4. The van der Waals surface area contributed by atoms with Gasteiger partial charge in [0.05, 0.1) is 12.2 Å². The summed E-state index contributed by atoms with van der Waals surface area (Å²) in [5, 5.41) is 0. The molecular formula is C16H16BrN3O. The molecule has 21 heavy (non-hydrogen) atoms. The topological polar surface area (TPSA) is 55.3 Å². The molecule has 0 atom stereocenters. The molecule has 0 aliphatic carbocycles. The Balaban J connectivity index is 1.76. The van der Waals surface area contributed by atoms with Crippen molar-refractivity contribution in [3.8, 4) is 0 Å². The maximum atomic E-state index is 5.90. The van der Waals surface area contributed by atoms with E-state index in [1.165, 1.54) is 5.56 Å². The lowest BCUT2D eigenvalue weighted by Crippen LogP contribution is -2.17. The third kappa shape index (κ3) is 3.09. The standard InChI is InChI=1S/C16H16BrN3O/c1-20(9-11-5-2-3-6-12(11)17)10-15-19-16-13(18)7-4-8-14(16)21-15/h2-8H,9-10,18H2,1H3. The molecule has 0 amide bonds. The van der Waals surface area contributed by atoms with Crippen LogP contribution in [0.3, 0.4) is 0 Å². The third-order valence-corrected chi connectivity index (χ3v) is 4.07. The molecule has 0 bridgehead atoms. The van der Waals surface area contributed by atoms with Gasteiger partial charge in [-0.15, -0.1) is 0 Å². The fraction of sp³-hybridized carbons (Fsp3) is 0.188. The number of benzene rings is 2. The first-order valence-electron chi connectivity index (χ1n) is 6.69. The smallest absolute Gasteiger partial charge is 0.209 e. The van der Waals surface area contributed by atoms with Gasteiger partial charge in [-0.05, 0) is 30.8 Å². The van der Waals surface area contributed by atoms with E-state index in [-0.39, 0.29) is 0 Å². The van der Waals surface area contributed by atoms with Gasteiger partial charge in [0.15, 0.2) is 5.58 Å².